The van der Waals surface area contributed by atoms with Gasteiger partial charge in [-0.05, 0) is 32.1 Å². The van der Waals surface area contributed by atoms with Gasteiger partial charge in [0, 0.05) is 59.2 Å². The van der Waals surface area contributed by atoms with Crippen LogP contribution in [0.15, 0.2) is 46.3 Å². The average molecular weight is 595 g/mol. The van der Waals surface area contributed by atoms with Gasteiger partial charge in [0.15, 0.2) is 17.4 Å². The fraction of sp³-hybridized carbons (Fsp3) is 0.323. The number of rotatable bonds is 4. The van der Waals surface area contributed by atoms with Crippen molar-refractivity contribution in [2.45, 2.75) is 46.3 Å². The normalized spacial score (nSPS) is 16.4. The number of carbonyl (C=O) groups excluding carboxylic acids is 1. The van der Waals surface area contributed by atoms with Crippen molar-refractivity contribution in [2.24, 2.45) is 0 Å². The number of halogens is 3. The first-order valence-corrected chi connectivity index (χ1v) is 14.1. The van der Waals surface area contributed by atoms with E-state index >= 15 is 4.39 Å². The molecule has 2 aliphatic rings. The molecule has 42 heavy (non-hydrogen) atoms. The van der Waals surface area contributed by atoms with Crippen molar-refractivity contribution in [3.8, 4) is 22.6 Å². The predicted molar refractivity (Wildman–Crippen MR) is 157 cm³/mol. The highest BCUT2D eigenvalue weighted by molar-refractivity contribution is 6.35. The molecule has 1 atom stereocenters. The summed E-state index contributed by atoms with van der Waals surface area (Å²) in [6.07, 6.45) is 2.85. The van der Waals surface area contributed by atoms with Crippen LogP contribution in [0.4, 0.5) is 14.6 Å². The fourth-order valence-electron chi connectivity index (χ4n) is 5.99. The number of carbonyl (C=O) groups is 1. The van der Waals surface area contributed by atoms with Gasteiger partial charge in [0.2, 0.25) is 5.91 Å². The maximum Gasteiger partial charge on any atom is 0.354 e. The monoisotopic (exact) mass is 594 g/mol. The van der Waals surface area contributed by atoms with E-state index in [2.05, 4.69) is 11.6 Å². The average Bonchev–Trinajstić information content (AvgIpc) is 3.35. The SMILES string of the molecule is C=CC(=O)N1CCN(c2nc(=O)n(-c3c(C)coc3C(C)C)c3c4c(c(Cl)cc23)-c2c(ccc(F)c2F)CO4)[C@@H](C)C1. The van der Waals surface area contributed by atoms with Crippen molar-refractivity contribution in [3.63, 3.8) is 0 Å². The minimum Gasteiger partial charge on any atom is -0.486 e. The highest BCUT2D eigenvalue weighted by Crippen LogP contribution is 2.50. The van der Waals surface area contributed by atoms with Gasteiger partial charge in [0.1, 0.15) is 23.7 Å². The van der Waals surface area contributed by atoms with Crippen molar-refractivity contribution in [2.75, 3.05) is 24.5 Å². The summed E-state index contributed by atoms with van der Waals surface area (Å²) in [7, 11) is 0. The number of nitrogens with zero attached hydrogens (tertiary/aromatic N) is 4. The highest BCUT2D eigenvalue weighted by Gasteiger charge is 2.34. The molecule has 2 aliphatic heterocycles. The predicted octanol–water partition coefficient (Wildman–Crippen LogP) is 6.12. The van der Waals surface area contributed by atoms with Crippen molar-refractivity contribution in [3.05, 3.63) is 81.1 Å². The van der Waals surface area contributed by atoms with Gasteiger partial charge in [-0.3, -0.25) is 9.36 Å². The minimum absolute atomic E-state index is 0.00145. The fourth-order valence-corrected chi connectivity index (χ4v) is 6.28. The molecule has 1 amide bonds. The van der Waals surface area contributed by atoms with Crippen molar-refractivity contribution >= 4 is 34.2 Å². The zero-order valence-electron chi connectivity index (χ0n) is 23.6. The van der Waals surface area contributed by atoms with Crippen LogP contribution in [-0.4, -0.2) is 46.0 Å². The quantitative estimate of drug-likeness (QED) is 0.265. The third kappa shape index (κ3) is 4.19. The smallest absolute Gasteiger partial charge is 0.354 e. The van der Waals surface area contributed by atoms with Crippen LogP contribution < -0.4 is 15.3 Å². The van der Waals surface area contributed by atoms with Gasteiger partial charge in [-0.2, -0.15) is 4.98 Å². The van der Waals surface area contributed by atoms with Crippen LogP contribution in [0.3, 0.4) is 0 Å². The number of fused-ring (bicyclic) bond motifs is 5. The van der Waals surface area contributed by atoms with Crippen LogP contribution in [0.2, 0.25) is 5.02 Å². The molecule has 0 aliphatic carbocycles. The number of aromatic nitrogens is 2. The Hall–Kier alpha value is -4.18. The van der Waals surface area contributed by atoms with Gasteiger partial charge in [-0.15, -0.1) is 0 Å². The first-order valence-electron chi connectivity index (χ1n) is 13.7. The van der Waals surface area contributed by atoms with Crippen LogP contribution in [0, 0.1) is 18.6 Å². The van der Waals surface area contributed by atoms with E-state index < -0.39 is 17.3 Å². The Morgan fingerprint density at radius 2 is 2.00 bits per heavy atom. The number of ether oxygens (including phenoxy) is 1. The van der Waals surface area contributed by atoms with E-state index in [0.717, 1.165) is 6.07 Å². The number of hydrogen-bond acceptors (Lipinski definition) is 6. The van der Waals surface area contributed by atoms with Gasteiger partial charge in [0.25, 0.3) is 0 Å². The second-order valence-corrected chi connectivity index (χ2v) is 11.4. The van der Waals surface area contributed by atoms with Gasteiger partial charge < -0.3 is 19.0 Å². The molecule has 0 unspecified atom stereocenters. The van der Waals surface area contributed by atoms with Gasteiger partial charge in [0.05, 0.1) is 17.0 Å². The number of hydrogen-bond donors (Lipinski definition) is 0. The molecular weight excluding hydrogens is 566 g/mol. The van der Waals surface area contributed by atoms with E-state index in [0.29, 0.717) is 58.9 Å². The highest BCUT2D eigenvalue weighted by atomic mass is 35.5. The molecule has 1 saturated heterocycles. The molecule has 2 aromatic carbocycles. The Labute approximate surface area is 245 Å². The molecule has 0 radical (unpaired) electrons. The molecule has 4 aromatic rings. The summed E-state index contributed by atoms with van der Waals surface area (Å²) >= 11 is 6.85. The van der Waals surface area contributed by atoms with E-state index in [-0.39, 0.29) is 46.4 Å². The summed E-state index contributed by atoms with van der Waals surface area (Å²) in [6.45, 7) is 12.4. The summed E-state index contributed by atoms with van der Waals surface area (Å²) in [4.78, 5) is 34.5. The zero-order chi connectivity index (χ0) is 30.0. The molecule has 2 aromatic heterocycles. The summed E-state index contributed by atoms with van der Waals surface area (Å²) in [5, 5.41) is 0.613. The maximum absolute atomic E-state index is 15.3. The molecule has 0 N–H and O–H groups in total. The van der Waals surface area contributed by atoms with Crippen LogP contribution >= 0.6 is 11.6 Å². The molecular formula is C31H29ClF2N4O4. The van der Waals surface area contributed by atoms with Gasteiger partial charge in [-0.1, -0.05) is 38.1 Å². The molecule has 218 valence electrons. The lowest BCUT2D eigenvalue weighted by Crippen LogP contribution is -2.54. The number of amides is 1. The molecule has 0 saturated carbocycles. The maximum atomic E-state index is 15.3. The first kappa shape index (κ1) is 28.0. The summed E-state index contributed by atoms with van der Waals surface area (Å²) in [5.74, 6) is -1.24. The van der Waals surface area contributed by atoms with E-state index in [1.54, 1.807) is 17.2 Å². The molecule has 4 heterocycles. The van der Waals surface area contributed by atoms with Gasteiger partial charge >= 0.3 is 5.69 Å². The third-order valence-electron chi connectivity index (χ3n) is 7.97. The molecule has 6 rings (SSSR count). The van der Waals surface area contributed by atoms with E-state index in [4.69, 9.17) is 20.8 Å². The van der Waals surface area contributed by atoms with E-state index in [1.165, 1.54) is 16.7 Å². The third-order valence-corrected chi connectivity index (χ3v) is 8.27. The number of furan rings is 1. The summed E-state index contributed by atoms with van der Waals surface area (Å²) < 4.78 is 43.4. The Morgan fingerprint density at radius 1 is 1.24 bits per heavy atom. The largest absolute Gasteiger partial charge is 0.486 e. The lowest BCUT2D eigenvalue weighted by molar-refractivity contribution is -0.126. The topological polar surface area (TPSA) is 80.8 Å². The van der Waals surface area contributed by atoms with Gasteiger partial charge in [-0.25, -0.2) is 13.6 Å². The standard InChI is InChI=1S/C31H29ClF2N4O4/c1-6-22(39)36-9-10-37(17(5)12-36)30-19-11-20(32)24-23-18(7-8-21(33)25(23)34)14-42-29(24)27(19)38(31(40)35-30)26-16(4)13-41-28(26)15(2)3/h6-8,11,13,15,17H,1,9-10,12,14H2,2-5H3/t17-/m0/s1. The van der Waals surface area contributed by atoms with Crippen LogP contribution in [0.5, 0.6) is 5.75 Å². The summed E-state index contributed by atoms with van der Waals surface area (Å²) in [6, 6.07) is 3.93. The second kappa shape index (κ2) is 10.3. The zero-order valence-corrected chi connectivity index (χ0v) is 24.4. The van der Waals surface area contributed by atoms with Crippen LogP contribution in [0.1, 0.15) is 43.6 Å². The molecule has 0 spiro atoms. The van der Waals surface area contributed by atoms with Crippen molar-refractivity contribution in [1.82, 2.24) is 14.5 Å². The number of aryl methyl sites for hydroxylation is 1. The molecule has 8 nitrogen and oxygen atoms in total. The number of benzene rings is 2. The molecule has 11 heteroatoms. The first-order chi connectivity index (χ1) is 20.0. The number of anilines is 1. The van der Waals surface area contributed by atoms with Crippen molar-refractivity contribution < 1.29 is 22.7 Å². The van der Waals surface area contributed by atoms with E-state index in [9.17, 15) is 14.0 Å². The van der Waals surface area contributed by atoms with Crippen LogP contribution in [-0.2, 0) is 11.4 Å². The Bertz CT molecular complexity index is 1850. The lowest BCUT2D eigenvalue weighted by Gasteiger charge is -2.40. The molecule has 0 bridgehead atoms. The Morgan fingerprint density at radius 3 is 2.69 bits per heavy atom. The Balaban J connectivity index is 1.69. The van der Waals surface area contributed by atoms with E-state index in [1.807, 2.05) is 32.6 Å². The number of piperazine rings is 1. The summed E-state index contributed by atoms with van der Waals surface area (Å²) in [5.41, 5.74) is 1.52. The second-order valence-electron chi connectivity index (χ2n) is 11.0. The van der Waals surface area contributed by atoms with Crippen molar-refractivity contribution in [1.29, 1.82) is 0 Å². The van der Waals surface area contributed by atoms with Crippen LogP contribution in [0.25, 0.3) is 27.7 Å². The molecule has 1 fully saturated rings. The lowest BCUT2D eigenvalue weighted by atomic mass is 9.94. The Kier molecular flexibility index (Phi) is 6.84. The minimum atomic E-state index is -1.04.